The van der Waals surface area contributed by atoms with E-state index in [4.69, 9.17) is 10.1 Å². The molecule has 1 amide bonds. The molecule has 0 saturated carbocycles. The molecule has 0 fully saturated rings. The second-order valence-electron chi connectivity index (χ2n) is 8.84. The standard InChI is InChI=1S/C28H21N7O3/c1-17-24(27(36)31-20-8-5-15-29-16-20)25(19-11-13-21(14-12-19)35(37)38)34-28(30-17)32-26(33-34)23-10-4-7-18-6-2-3-9-22(18)23/h2-16,25H,1H3,(H,31,36)(H,30,32,33). The van der Waals surface area contributed by atoms with Gasteiger partial charge in [-0.3, -0.25) is 19.9 Å². The molecule has 3 aromatic carbocycles. The molecule has 1 unspecified atom stereocenters. The number of fused-ring (bicyclic) bond motifs is 2. The number of hydrogen-bond acceptors (Lipinski definition) is 7. The molecule has 0 radical (unpaired) electrons. The van der Waals surface area contributed by atoms with E-state index in [1.807, 2.05) is 42.5 Å². The van der Waals surface area contributed by atoms with Gasteiger partial charge in [0.05, 0.1) is 22.4 Å². The second-order valence-corrected chi connectivity index (χ2v) is 8.84. The van der Waals surface area contributed by atoms with Gasteiger partial charge in [0.25, 0.3) is 11.6 Å². The Hall–Kier alpha value is -5.38. The summed E-state index contributed by atoms with van der Waals surface area (Å²) in [4.78, 5) is 33.2. The number of benzene rings is 3. The number of anilines is 2. The molecule has 38 heavy (non-hydrogen) atoms. The molecule has 0 bridgehead atoms. The smallest absolute Gasteiger partial charge is 0.269 e. The molecule has 1 aliphatic heterocycles. The second kappa shape index (κ2) is 9.25. The average Bonchev–Trinajstić information content (AvgIpc) is 3.36. The topological polar surface area (TPSA) is 128 Å². The minimum atomic E-state index is -0.681. The van der Waals surface area contributed by atoms with Crippen molar-refractivity contribution >= 4 is 34.0 Å². The molecule has 0 spiro atoms. The number of aromatic nitrogens is 4. The molecule has 1 aliphatic rings. The van der Waals surface area contributed by atoms with E-state index in [0.717, 1.165) is 16.3 Å². The highest BCUT2D eigenvalue weighted by Gasteiger charge is 2.35. The fourth-order valence-corrected chi connectivity index (χ4v) is 4.70. The van der Waals surface area contributed by atoms with Crippen molar-refractivity contribution in [3.8, 4) is 11.4 Å². The molecular weight excluding hydrogens is 482 g/mol. The van der Waals surface area contributed by atoms with Crippen LogP contribution in [-0.4, -0.2) is 30.6 Å². The monoisotopic (exact) mass is 503 g/mol. The van der Waals surface area contributed by atoms with Crippen LogP contribution < -0.4 is 10.6 Å². The van der Waals surface area contributed by atoms with E-state index < -0.39 is 11.0 Å². The Kier molecular flexibility index (Phi) is 5.61. The molecule has 6 rings (SSSR count). The van der Waals surface area contributed by atoms with Gasteiger partial charge in [-0.05, 0) is 47.5 Å². The molecule has 186 valence electrons. The van der Waals surface area contributed by atoms with Crippen LogP contribution in [0.3, 0.4) is 0 Å². The van der Waals surface area contributed by atoms with E-state index in [9.17, 15) is 14.9 Å². The molecule has 5 aromatic rings. The number of carbonyl (C=O) groups excluding carboxylic acids is 1. The third-order valence-electron chi connectivity index (χ3n) is 6.47. The summed E-state index contributed by atoms with van der Waals surface area (Å²) < 4.78 is 1.66. The van der Waals surface area contributed by atoms with Crippen LogP contribution in [-0.2, 0) is 4.79 Å². The molecule has 1 atom stereocenters. The van der Waals surface area contributed by atoms with Crippen molar-refractivity contribution in [3.05, 3.63) is 118 Å². The number of nitro benzene ring substituents is 1. The number of non-ortho nitro benzene ring substituents is 1. The Morgan fingerprint density at radius 1 is 1.03 bits per heavy atom. The number of nitrogens with zero attached hydrogens (tertiary/aromatic N) is 5. The van der Waals surface area contributed by atoms with Crippen molar-refractivity contribution in [1.82, 2.24) is 19.7 Å². The molecule has 10 nitrogen and oxygen atoms in total. The van der Waals surface area contributed by atoms with Crippen LogP contribution in [0, 0.1) is 10.1 Å². The Bertz CT molecular complexity index is 1720. The maximum atomic E-state index is 13.6. The van der Waals surface area contributed by atoms with Crippen LogP contribution in [0.25, 0.3) is 22.2 Å². The van der Waals surface area contributed by atoms with E-state index in [1.54, 1.807) is 48.3 Å². The number of nitro groups is 1. The number of pyridine rings is 1. The fourth-order valence-electron chi connectivity index (χ4n) is 4.70. The lowest BCUT2D eigenvalue weighted by Gasteiger charge is -2.28. The van der Waals surface area contributed by atoms with Gasteiger partial charge in [-0.2, -0.15) is 4.98 Å². The highest BCUT2D eigenvalue weighted by atomic mass is 16.6. The van der Waals surface area contributed by atoms with Crippen molar-refractivity contribution in [1.29, 1.82) is 0 Å². The lowest BCUT2D eigenvalue weighted by molar-refractivity contribution is -0.384. The number of hydrogen-bond donors (Lipinski definition) is 2. The number of rotatable bonds is 5. The van der Waals surface area contributed by atoms with Gasteiger partial charge < -0.3 is 10.6 Å². The molecule has 3 heterocycles. The van der Waals surface area contributed by atoms with Gasteiger partial charge in [0.1, 0.15) is 6.04 Å². The lowest BCUT2D eigenvalue weighted by Crippen LogP contribution is -2.31. The van der Waals surface area contributed by atoms with Crippen LogP contribution in [0.2, 0.25) is 0 Å². The van der Waals surface area contributed by atoms with Crippen molar-refractivity contribution in [3.63, 3.8) is 0 Å². The van der Waals surface area contributed by atoms with Gasteiger partial charge >= 0.3 is 0 Å². The number of allylic oxidation sites excluding steroid dienone is 1. The third-order valence-corrected chi connectivity index (χ3v) is 6.47. The summed E-state index contributed by atoms with van der Waals surface area (Å²) in [5.74, 6) is 0.615. The SMILES string of the molecule is CC1=C(C(=O)Nc2cccnc2)C(c2ccc([N+](=O)[O-])cc2)n2nc(-c3cccc4ccccc34)nc2N1. The average molecular weight is 504 g/mol. The van der Waals surface area contributed by atoms with E-state index in [0.29, 0.717) is 34.3 Å². The molecule has 2 N–H and O–H groups in total. The normalized spacial score (nSPS) is 14.6. The zero-order chi connectivity index (χ0) is 26.2. The minimum Gasteiger partial charge on any atom is -0.328 e. The Balaban J connectivity index is 1.48. The summed E-state index contributed by atoms with van der Waals surface area (Å²) >= 11 is 0. The van der Waals surface area contributed by atoms with Crippen LogP contribution in [0.1, 0.15) is 18.5 Å². The van der Waals surface area contributed by atoms with Crippen LogP contribution in [0.4, 0.5) is 17.3 Å². The first-order valence-corrected chi connectivity index (χ1v) is 11.9. The molecule has 0 aliphatic carbocycles. The minimum absolute atomic E-state index is 0.0417. The number of nitrogens with one attached hydrogen (secondary N) is 2. The van der Waals surface area contributed by atoms with Gasteiger partial charge in [-0.15, -0.1) is 5.10 Å². The summed E-state index contributed by atoms with van der Waals surface area (Å²) in [6.45, 7) is 1.80. The summed E-state index contributed by atoms with van der Waals surface area (Å²) in [7, 11) is 0. The first-order chi connectivity index (χ1) is 18.5. The van der Waals surface area contributed by atoms with E-state index >= 15 is 0 Å². The van der Waals surface area contributed by atoms with Crippen molar-refractivity contribution < 1.29 is 9.72 Å². The van der Waals surface area contributed by atoms with Gasteiger partial charge in [0.2, 0.25) is 5.95 Å². The highest BCUT2D eigenvalue weighted by Crippen LogP contribution is 2.38. The molecular formula is C28H21N7O3. The van der Waals surface area contributed by atoms with Gasteiger partial charge in [-0.25, -0.2) is 4.68 Å². The summed E-state index contributed by atoms with van der Waals surface area (Å²) in [5, 5.41) is 24.3. The zero-order valence-corrected chi connectivity index (χ0v) is 20.2. The highest BCUT2D eigenvalue weighted by molar-refractivity contribution is 6.06. The van der Waals surface area contributed by atoms with Gasteiger partial charge in [-0.1, -0.05) is 42.5 Å². The fraction of sp³-hybridized carbons (Fsp3) is 0.0714. The van der Waals surface area contributed by atoms with E-state index in [1.165, 1.54) is 12.1 Å². The molecule has 10 heteroatoms. The van der Waals surface area contributed by atoms with Crippen molar-refractivity contribution in [2.75, 3.05) is 10.6 Å². The van der Waals surface area contributed by atoms with Gasteiger partial charge in [0, 0.05) is 29.6 Å². The van der Waals surface area contributed by atoms with Crippen LogP contribution in [0.15, 0.2) is 103 Å². The predicted octanol–water partition coefficient (Wildman–Crippen LogP) is 5.33. The third kappa shape index (κ3) is 4.03. The summed E-state index contributed by atoms with van der Waals surface area (Å²) in [6, 6.07) is 22.8. The Morgan fingerprint density at radius 3 is 2.58 bits per heavy atom. The van der Waals surface area contributed by atoms with Crippen molar-refractivity contribution in [2.24, 2.45) is 0 Å². The van der Waals surface area contributed by atoms with E-state index in [2.05, 4.69) is 15.6 Å². The zero-order valence-electron chi connectivity index (χ0n) is 20.2. The lowest BCUT2D eigenvalue weighted by atomic mass is 9.95. The Morgan fingerprint density at radius 2 is 1.82 bits per heavy atom. The number of carbonyl (C=O) groups is 1. The first kappa shape index (κ1) is 23.0. The summed E-state index contributed by atoms with van der Waals surface area (Å²) in [5.41, 5.74) is 3.02. The quantitative estimate of drug-likeness (QED) is 0.245. The summed E-state index contributed by atoms with van der Waals surface area (Å²) in [6.07, 6.45) is 3.18. The van der Waals surface area contributed by atoms with Crippen LogP contribution in [0.5, 0.6) is 0 Å². The Labute approximate surface area is 216 Å². The molecule has 0 saturated heterocycles. The van der Waals surface area contributed by atoms with E-state index in [-0.39, 0.29) is 11.6 Å². The van der Waals surface area contributed by atoms with Gasteiger partial charge in [0.15, 0.2) is 5.82 Å². The largest absolute Gasteiger partial charge is 0.328 e. The maximum absolute atomic E-state index is 13.6. The molecule has 2 aromatic heterocycles. The van der Waals surface area contributed by atoms with Crippen molar-refractivity contribution in [2.45, 2.75) is 13.0 Å². The maximum Gasteiger partial charge on any atom is 0.269 e. The predicted molar refractivity (Wildman–Crippen MR) is 143 cm³/mol. The van der Waals surface area contributed by atoms with Crippen LogP contribution >= 0.6 is 0 Å². The first-order valence-electron chi connectivity index (χ1n) is 11.9. The number of amides is 1.